The van der Waals surface area contributed by atoms with E-state index in [1.807, 2.05) is 0 Å². The summed E-state index contributed by atoms with van der Waals surface area (Å²) in [6.07, 6.45) is 1.05. The van der Waals surface area contributed by atoms with Crippen LogP contribution in [0, 0.1) is 17.0 Å². The zero-order chi connectivity index (χ0) is 19.0. The molecular weight excluding hydrogens is 410 g/mol. The lowest BCUT2D eigenvalue weighted by Gasteiger charge is -2.26. The Labute approximate surface area is 154 Å². The molecule has 1 fully saturated rings. The van der Waals surface area contributed by atoms with Gasteiger partial charge in [0.2, 0.25) is 0 Å². The maximum atomic E-state index is 12.7. The summed E-state index contributed by atoms with van der Waals surface area (Å²) in [6.45, 7) is 1.78. The van der Waals surface area contributed by atoms with Crippen molar-refractivity contribution in [3.05, 3.63) is 61.8 Å². The highest BCUT2D eigenvalue weighted by Crippen LogP contribution is 2.27. The van der Waals surface area contributed by atoms with Crippen LogP contribution in [0.25, 0.3) is 6.08 Å². The van der Waals surface area contributed by atoms with Gasteiger partial charge in [0.15, 0.2) is 0 Å². The Morgan fingerprint density at radius 3 is 2.58 bits per heavy atom. The zero-order valence-corrected chi connectivity index (χ0v) is 14.8. The molecule has 1 aliphatic rings. The van der Waals surface area contributed by atoms with Crippen molar-refractivity contribution < 1.29 is 23.7 Å². The van der Waals surface area contributed by atoms with Gasteiger partial charge < -0.3 is 4.42 Å². The average molecular weight is 420 g/mol. The van der Waals surface area contributed by atoms with Crippen molar-refractivity contribution in [2.75, 3.05) is 4.90 Å². The van der Waals surface area contributed by atoms with Crippen molar-refractivity contribution in [3.8, 4) is 0 Å². The van der Waals surface area contributed by atoms with Crippen molar-refractivity contribution >= 4 is 51.4 Å². The van der Waals surface area contributed by atoms with E-state index < -0.39 is 28.7 Å². The second kappa shape index (κ2) is 6.56. The number of amides is 4. The monoisotopic (exact) mass is 419 g/mol. The molecule has 0 spiro atoms. The number of furan rings is 1. The van der Waals surface area contributed by atoms with E-state index in [-0.39, 0.29) is 17.0 Å². The van der Waals surface area contributed by atoms with E-state index >= 15 is 0 Å². The maximum absolute atomic E-state index is 12.7. The highest BCUT2D eigenvalue weighted by atomic mass is 79.9. The van der Waals surface area contributed by atoms with Crippen molar-refractivity contribution in [2.45, 2.75) is 6.92 Å². The molecule has 10 heteroatoms. The lowest BCUT2D eigenvalue weighted by atomic mass is 10.1. The zero-order valence-electron chi connectivity index (χ0n) is 13.2. The van der Waals surface area contributed by atoms with Crippen LogP contribution in [0.1, 0.15) is 11.3 Å². The lowest BCUT2D eigenvalue weighted by molar-refractivity contribution is -0.402. The highest BCUT2D eigenvalue weighted by Gasteiger charge is 2.37. The van der Waals surface area contributed by atoms with Crippen molar-refractivity contribution in [1.82, 2.24) is 5.32 Å². The number of barbiturate groups is 1. The second-order valence-corrected chi connectivity index (χ2v) is 6.18. The van der Waals surface area contributed by atoms with Gasteiger partial charge in [-0.05, 0) is 42.8 Å². The largest absolute Gasteiger partial charge is 0.433 e. The van der Waals surface area contributed by atoms with Gasteiger partial charge in [0.05, 0.1) is 11.8 Å². The Balaban J connectivity index is 2.00. The van der Waals surface area contributed by atoms with Crippen LogP contribution >= 0.6 is 15.9 Å². The Hall–Kier alpha value is -3.27. The highest BCUT2D eigenvalue weighted by molar-refractivity contribution is 9.10. The number of nitrogens with one attached hydrogen (secondary N) is 1. The van der Waals surface area contributed by atoms with E-state index in [1.165, 1.54) is 6.07 Å². The number of aryl methyl sites for hydroxylation is 1. The molecule has 1 aromatic carbocycles. The normalized spacial score (nSPS) is 16.2. The van der Waals surface area contributed by atoms with E-state index in [1.54, 1.807) is 25.1 Å². The topological polar surface area (TPSA) is 123 Å². The summed E-state index contributed by atoms with van der Waals surface area (Å²) < 4.78 is 5.72. The van der Waals surface area contributed by atoms with Crippen LogP contribution in [-0.2, 0) is 9.59 Å². The number of benzene rings is 1. The Morgan fingerprint density at radius 1 is 1.23 bits per heavy atom. The SMILES string of the molecule is Cc1cc(N2C(=O)NC(=O)/C(=C/c3ccc([N+](=O)[O-])o3)C2=O)ccc1Br. The number of anilines is 1. The van der Waals surface area contributed by atoms with Crippen molar-refractivity contribution in [2.24, 2.45) is 0 Å². The molecule has 1 saturated heterocycles. The summed E-state index contributed by atoms with van der Waals surface area (Å²) in [6, 6.07) is 6.27. The predicted molar refractivity (Wildman–Crippen MR) is 93.2 cm³/mol. The number of rotatable bonds is 3. The third-order valence-electron chi connectivity index (χ3n) is 3.58. The van der Waals surface area contributed by atoms with Crippen LogP contribution < -0.4 is 10.2 Å². The molecule has 0 unspecified atom stereocenters. The number of carbonyl (C=O) groups is 3. The van der Waals surface area contributed by atoms with Crippen LogP contribution in [0.15, 0.2) is 44.8 Å². The molecule has 132 valence electrons. The quantitative estimate of drug-likeness (QED) is 0.353. The van der Waals surface area contributed by atoms with Crippen LogP contribution in [0.2, 0.25) is 0 Å². The van der Waals surface area contributed by atoms with Crippen LogP contribution in [0.5, 0.6) is 0 Å². The van der Waals surface area contributed by atoms with Crippen LogP contribution in [-0.4, -0.2) is 22.8 Å². The van der Waals surface area contributed by atoms with Gasteiger partial charge in [-0.1, -0.05) is 15.9 Å². The minimum Gasteiger partial charge on any atom is -0.401 e. The lowest BCUT2D eigenvalue weighted by Crippen LogP contribution is -2.54. The van der Waals surface area contributed by atoms with E-state index in [9.17, 15) is 24.5 Å². The molecule has 9 nitrogen and oxygen atoms in total. The van der Waals surface area contributed by atoms with E-state index in [2.05, 4.69) is 21.2 Å². The van der Waals surface area contributed by atoms with Gasteiger partial charge in [0.1, 0.15) is 16.3 Å². The van der Waals surface area contributed by atoms with Crippen LogP contribution in [0.3, 0.4) is 0 Å². The molecule has 4 amide bonds. The first kappa shape index (κ1) is 17.5. The molecule has 3 rings (SSSR count). The van der Waals surface area contributed by atoms with Crippen LogP contribution in [0.4, 0.5) is 16.4 Å². The molecule has 1 N–H and O–H groups in total. The maximum Gasteiger partial charge on any atom is 0.433 e. The number of hydrogen-bond donors (Lipinski definition) is 1. The second-order valence-electron chi connectivity index (χ2n) is 5.32. The number of imide groups is 2. The first-order valence-electron chi connectivity index (χ1n) is 7.20. The predicted octanol–water partition coefficient (Wildman–Crippen LogP) is 2.93. The number of nitro groups is 1. The minimum atomic E-state index is -0.913. The fourth-order valence-corrected chi connectivity index (χ4v) is 2.57. The first-order valence-corrected chi connectivity index (χ1v) is 7.99. The third-order valence-corrected chi connectivity index (χ3v) is 4.47. The molecule has 0 radical (unpaired) electrons. The van der Waals surface area contributed by atoms with Gasteiger partial charge in [0, 0.05) is 4.47 Å². The van der Waals surface area contributed by atoms with Crippen molar-refractivity contribution in [3.63, 3.8) is 0 Å². The Morgan fingerprint density at radius 2 is 1.96 bits per heavy atom. The minimum absolute atomic E-state index is 0.0588. The third kappa shape index (κ3) is 3.14. The van der Waals surface area contributed by atoms with Gasteiger partial charge in [-0.15, -0.1) is 0 Å². The number of halogens is 1. The molecule has 0 atom stereocenters. The molecule has 0 aliphatic carbocycles. The number of nitrogens with zero attached hydrogens (tertiary/aromatic N) is 2. The molecule has 2 aromatic rings. The molecule has 2 heterocycles. The summed E-state index contributed by atoms with van der Waals surface area (Å²) in [4.78, 5) is 47.6. The van der Waals surface area contributed by atoms with E-state index in [4.69, 9.17) is 4.42 Å². The van der Waals surface area contributed by atoms with Gasteiger partial charge in [-0.2, -0.15) is 0 Å². The van der Waals surface area contributed by atoms with Gasteiger partial charge in [-0.3, -0.25) is 25.0 Å². The molecule has 1 aliphatic heterocycles. The fraction of sp³-hybridized carbons (Fsp3) is 0.0625. The smallest absolute Gasteiger partial charge is 0.401 e. The summed E-state index contributed by atoms with van der Waals surface area (Å²) >= 11 is 3.33. The fourth-order valence-electron chi connectivity index (χ4n) is 2.32. The number of urea groups is 1. The van der Waals surface area contributed by atoms with Gasteiger partial charge >= 0.3 is 11.9 Å². The molecular formula is C16H10BrN3O6. The average Bonchev–Trinajstić information content (AvgIpc) is 3.03. The number of hydrogen-bond acceptors (Lipinski definition) is 6. The molecule has 26 heavy (non-hydrogen) atoms. The summed E-state index contributed by atoms with van der Waals surface area (Å²) in [5.74, 6) is -2.36. The molecule has 0 bridgehead atoms. The first-order chi connectivity index (χ1) is 12.3. The Kier molecular flexibility index (Phi) is 4.43. The molecule has 1 aromatic heterocycles. The molecule has 0 saturated carbocycles. The number of carbonyl (C=O) groups excluding carboxylic acids is 3. The summed E-state index contributed by atoms with van der Waals surface area (Å²) in [5.41, 5.74) is 0.679. The van der Waals surface area contributed by atoms with E-state index in [0.29, 0.717) is 0 Å². The van der Waals surface area contributed by atoms with Gasteiger partial charge in [-0.25, -0.2) is 9.69 Å². The van der Waals surface area contributed by atoms with E-state index in [0.717, 1.165) is 27.1 Å². The standard InChI is InChI=1S/C16H10BrN3O6/c1-8-6-9(2-4-12(8)17)19-15(22)11(14(21)18-16(19)23)7-10-3-5-13(26-10)20(24)25/h2-7H,1H3,(H,18,21,23)/b11-7-. The Bertz CT molecular complexity index is 994. The van der Waals surface area contributed by atoms with Crippen molar-refractivity contribution in [1.29, 1.82) is 0 Å². The summed E-state index contributed by atoms with van der Waals surface area (Å²) in [7, 11) is 0. The van der Waals surface area contributed by atoms with Gasteiger partial charge in [0.25, 0.3) is 11.8 Å². The summed E-state index contributed by atoms with van der Waals surface area (Å²) in [5, 5.41) is 12.7.